The molecule has 0 radical (unpaired) electrons. The molecule has 13 rings (SSSR count). The molecule has 0 aliphatic heterocycles. The SMILES string of the molecule is CC(C)(C)c1ccc2c(c1)c1cc3c(cc1n2-c1ccccc1)c1cc(C(C)(C)C)ccc1n3-c1cc(-c2ccc3oc4ccccc4c3c2)nc(-c2ccc3oc4ccccc4c3c2)c1. The molecule has 0 unspecified atom stereocenters. The standard InChI is InChI=1S/C61H47N3O2/c1-60(2,3)38-22-24-52-44(30-38)46-35-55-47(34-54(46)63(52)40-14-8-7-9-15-40)45-31-39(61(4,5)6)23-25-53(45)64(55)41-32-50(36-20-26-58-48(28-36)42-16-10-12-18-56(42)65-58)62-51(33-41)37-21-27-59-49(29-37)43-17-11-13-19-57(43)66-59/h7-35H,1-6H3. The van der Waals surface area contributed by atoms with Gasteiger partial charge in [0.2, 0.25) is 0 Å². The monoisotopic (exact) mass is 853 g/mol. The van der Waals surface area contributed by atoms with Gasteiger partial charge >= 0.3 is 0 Å². The molecule has 0 aliphatic rings. The summed E-state index contributed by atoms with van der Waals surface area (Å²) in [6.07, 6.45) is 0. The van der Waals surface area contributed by atoms with Crippen molar-refractivity contribution >= 4 is 87.5 Å². The van der Waals surface area contributed by atoms with Gasteiger partial charge in [-0.15, -0.1) is 0 Å². The van der Waals surface area contributed by atoms with Crippen LogP contribution in [0.5, 0.6) is 0 Å². The highest BCUT2D eigenvalue weighted by Crippen LogP contribution is 2.43. The van der Waals surface area contributed by atoms with E-state index >= 15 is 0 Å². The van der Waals surface area contributed by atoms with Crippen LogP contribution in [0.15, 0.2) is 185 Å². The van der Waals surface area contributed by atoms with Crippen molar-refractivity contribution in [3.63, 3.8) is 0 Å². The first kappa shape index (κ1) is 38.6. The van der Waals surface area contributed by atoms with E-state index in [1.54, 1.807) is 0 Å². The number of pyridine rings is 1. The maximum absolute atomic E-state index is 6.30. The van der Waals surface area contributed by atoms with E-state index < -0.39 is 0 Å². The maximum atomic E-state index is 6.30. The van der Waals surface area contributed by atoms with Crippen LogP contribution in [0.3, 0.4) is 0 Å². The Bertz CT molecular complexity index is 3990. The quantitative estimate of drug-likeness (QED) is 0.177. The van der Waals surface area contributed by atoms with Gasteiger partial charge in [-0.05, 0) is 131 Å². The number of rotatable bonds is 4. The lowest BCUT2D eigenvalue weighted by Gasteiger charge is -2.19. The van der Waals surface area contributed by atoms with Crippen molar-refractivity contribution in [1.29, 1.82) is 0 Å². The summed E-state index contributed by atoms with van der Waals surface area (Å²) in [4.78, 5) is 5.52. The number of aromatic nitrogens is 3. The second kappa shape index (κ2) is 13.8. The fraction of sp³-hybridized carbons (Fsp3) is 0.131. The van der Waals surface area contributed by atoms with Gasteiger partial charge in [0.15, 0.2) is 0 Å². The first-order chi connectivity index (χ1) is 31.9. The van der Waals surface area contributed by atoms with Gasteiger partial charge < -0.3 is 18.0 Å². The van der Waals surface area contributed by atoms with Crippen LogP contribution in [-0.2, 0) is 10.8 Å². The van der Waals surface area contributed by atoms with E-state index in [1.165, 1.54) is 43.7 Å². The molecule has 0 bridgehead atoms. The van der Waals surface area contributed by atoms with Crippen LogP contribution < -0.4 is 0 Å². The highest BCUT2D eigenvalue weighted by molar-refractivity contribution is 6.19. The summed E-state index contributed by atoms with van der Waals surface area (Å²) >= 11 is 0. The average molecular weight is 854 g/mol. The summed E-state index contributed by atoms with van der Waals surface area (Å²) in [5.74, 6) is 0. The molecule has 5 heterocycles. The lowest BCUT2D eigenvalue weighted by Crippen LogP contribution is -2.10. The van der Waals surface area contributed by atoms with Crippen LogP contribution in [0.4, 0.5) is 0 Å². The van der Waals surface area contributed by atoms with E-state index in [-0.39, 0.29) is 10.8 Å². The van der Waals surface area contributed by atoms with Crippen molar-refractivity contribution in [1.82, 2.24) is 14.1 Å². The highest BCUT2D eigenvalue weighted by Gasteiger charge is 2.24. The fourth-order valence-electron chi connectivity index (χ4n) is 10.3. The Hall–Kier alpha value is -7.89. The zero-order valence-electron chi connectivity index (χ0n) is 37.9. The lowest BCUT2D eigenvalue weighted by molar-refractivity contribution is 0.591. The molecule has 0 saturated carbocycles. The number of fused-ring (bicyclic) bond motifs is 12. The van der Waals surface area contributed by atoms with E-state index in [4.69, 9.17) is 13.8 Å². The minimum Gasteiger partial charge on any atom is -0.456 e. The Morgan fingerprint density at radius 3 is 1.24 bits per heavy atom. The topological polar surface area (TPSA) is 49.0 Å². The molecule has 5 nitrogen and oxygen atoms in total. The van der Waals surface area contributed by atoms with Crippen molar-refractivity contribution < 1.29 is 8.83 Å². The zero-order chi connectivity index (χ0) is 44.6. The van der Waals surface area contributed by atoms with Crippen molar-refractivity contribution in [3.05, 3.63) is 187 Å². The summed E-state index contributed by atoms with van der Waals surface area (Å²) in [6.45, 7) is 13.8. The smallest absolute Gasteiger partial charge is 0.135 e. The lowest BCUT2D eigenvalue weighted by atomic mass is 9.86. The van der Waals surface area contributed by atoms with E-state index in [9.17, 15) is 0 Å². The molecule has 318 valence electrons. The predicted molar refractivity (Wildman–Crippen MR) is 276 cm³/mol. The van der Waals surface area contributed by atoms with Gasteiger partial charge in [0.25, 0.3) is 0 Å². The molecular weight excluding hydrogens is 807 g/mol. The van der Waals surface area contributed by atoms with Crippen LogP contribution >= 0.6 is 0 Å². The Morgan fingerprint density at radius 1 is 0.333 bits per heavy atom. The molecule has 0 aliphatic carbocycles. The minimum atomic E-state index is -0.0438. The van der Waals surface area contributed by atoms with E-state index in [1.807, 2.05) is 24.3 Å². The molecule has 8 aromatic carbocycles. The molecule has 0 fully saturated rings. The third-order valence-electron chi connectivity index (χ3n) is 13.8. The van der Waals surface area contributed by atoms with Crippen LogP contribution in [0.1, 0.15) is 52.7 Å². The first-order valence-corrected chi connectivity index (χ1v) is 22.9. The molecule has 66 heavy (non-hydrogen) atoms. The summed E-state index contributed by atoms with van der Waals surface area (Å²) < 4.78 is 17.5. The van der Waals surface area contributed by atoms with Crippen LogP contribution in [0, 0.1) is 0 Å². The molecule has 0 amide bonds. The number of benzene rings is 8. The predicted octanol–water partition coefficient (Wildman–Crippen LogP) is 17.0. The van der Waals surface area contributed by atoms with Crippen LogP contribution in [-0.4, -0.2) is 14.1 Å². The van der Waals surface area contributed by atoms with Gasteiger partial charge in [-0.25, -0.2) is 4.98 Å². The summed E-state index contributed by atoms with van der Waals surface area (Å²) in [5.41, 5.74) is 16.7. The van der Waals surface area contributed by atoms with Crippen LogP contribution in [0.25, 0.3) is 121 Å². The summed E-state index contributed by atoms with van der Waals surface area (Å²) in [7, 11) is 0. The molecule has 5 heteroatoms. The Labute approximate surface area is 382 Å². The summed E-state index contributed by atoms with van der Waals surface area (Å²) in [6, 6.07) is 63.8. The third-order valence-corrected chi connectivity index (χ3v) is 13.8. The van der Waals surface area contributed by atoms with Crippen molar-refractivity contribution in [3.8, 4) is 33.9 Å². The van der Waals surface area contributed by atoms with Crippen molar-refractivity contribution in [2.75, 3.05) is 0 Å². The molecule has 5 aromatic heterocycles. The molecule has 13 aromatic rings. The first-order valence-electron chi connectivity index (χ1n) is 22.9. The Kier molecular flexibility index (Phi) is 8.07. The van der Waals surface area contributed by atoms with E-state index in [2.05, 4.69) is 202 Å². The normalized spacial score (nSPS) is 12.7. The Morgan fingerprint density at radius 2 is 0.758 bits per heavy atom. The second-order valence-electron chi connectivity index (χ2n) is 20.1. The van der Waals surface area contributed by atoms with Crippen molar-refractivity contribution in [2.24, 2.45) is 0 Å². The fourth-order valence-corrected chi connectivity index (χ4v) is 10.3. The summed E-state index contributed by atoms with van der Waals surface area (Å²) in [5, 5.41) is 9.21. The number of nitrogens with zero attached hydrogens (tertiary/aromatic N) is 3. The maximum Gasteiger partial charge on any atom is 0.135 e. The van der Waals surface area contributed by atoms with Gasteiger partial charge in [0.05, 0.1) is 39.1 Å². The van der Waals surface area contributed by atoms with Gasteiger partial charge in [0, 0.05) is 59.9 Å². The second-order valence-corrected chi connectivity index (χ2v) is 20.1. The molecule has 0 N–H and O–H groups in total. The molecular formula is C61H47N3O2. The molecule has 0 spiro atoms. The van der Waals surface area contributed by atoms with Gasteiger partial charge in [0.1, 0.15) is 22.3 Å². The van der Waals surface area contributed by atoms with Crippen molar-refractivity contribution in [2.45, 2.75) is 52.4 Å². The van der Waals surface area contributed by atoms with E-state index in [0.717, 1.165) is 88.8 Å². The number of furan rings is 2. The van der Waals surface area contributed by atoms with Gasteiger partial charge in [-0.3, -0.25) is 0 Å². The van der Waals surface area contributed by atoms with Crippen LogP contribution in [0.2, 0.25) is 0 Å². The Balaban J connectivity index is 1.14. The average Bonchev–Trinajstić information content (AvgIpc) is 4.07. The zero-order valence-corrected chi connectivity index (χ0v) is 37.9. The number of hydrogen-bond acceptors (Lipinski definition) is 3. The molecule has 0 saturated heterocycles. The largest absolute Gasteiger partial charge is 0.456 e. The van der Waals surface area contributed by atoms with Gasteiger partial charge in [-0.2, -0.15) is 0 Å². The number of hydrogen-bond donors (Lipinski definition) is 0. The number of para-hydroxylation sites is 3. The molecule has 0 atom stereocenters. The minimum absolute atomic E-state index is 0.0148. The highest BCUT2D eigenvalue weighted by atomic mass is 16.3. The van der Waals surface area contributed by atoms with Gasteiger partial charge in [-0.1, -0.05) is 108 Å². The third kappa shape index (κ3) is 5.89. The van der Waals surface area contributed by atoms with E-state index in [0.29, 0.717) is 0 Å².